The number of H-pyrrole nitrogens is 1. The van der Waals surface area contributed by atoms with E-state index < -0.39 is 0 Å². The van der Waals surface area contributed by atoms with Gasteiger partial charge in [0.2, 0.25) is 5.69 Å². The highest BCUT2D eigenvalue weighted by atomic mass is 14.8. The Balaban J connectivity index is 2.16. The van der Waals surface area contributed by atoms with E-state index in [0.29, 0.717) is 5.69 Å². The Bertz CT molecular complexity index is 796. The molecule has 0 radical (unpaired) electrons. The quantitative estimate of drug-likeness (QED) is 0.668. The Morgan fingerprint density at radius 3 is 2.68 bits per heavy atom. The number of aromatic nitrogens is 1. The van der Waals surface area contributed by atoms with Gasteiger partial charge in [-0.15, -0.1) is 0 Å². The van der Waals surface area contributed by atoms with Crippen molar-refractivity contribution < 1.29 is 0 Å². The van der Waals surface area contributed by atoms with Crippen LogP contribution in [0.1, 0.15) is 23.5 Å². The molecule has 0 saturated carbocycles. The van der Waals surface area contributed by atoms with Crippen LogP contribution in [0.4, 0.5) is 5.69 Å². The molecule has 1 atom stereocenters. The molecule has 3 aromatic rings. The number of fused-ring (bicyclic) bond motifs is 1. The van der Waals surface area contributed by atoms with Gasteiger partial charge in [-0.05, 0) is 37.2 Å². The summed E-state index contributed by atoms with van der Waals surface area (Å²) in [4.78, 5) is 6.89. The molecule has 3 nitrogen and oxygen atoms in total. The second-order valence-corrected chi connectivity index (χ2v) is 5.41. The third-order valence-corrected chi connectivity index (χ3v) is 4.10. The Morgan fingerprint density at radius 1 is 1.14 bits per heavy atom. The van der Waals surface area contributed by atoms with Crippen molar-refractivity contribution in [1.29, 1.82) is 0 Å². The molecule has 0 spiro atoms. The van der Waals surface area contributed by atoms with E-state index >= 15 is 0 Å². The number of hydrogen-bond acceptors (Lipinski definition) is 1. The average Bonchev–Trinajstić information content (AvgIpc) is 3.00. The highest BCUT2D eigenvalue weighted by Crippen LogP contribution is 2.37. The molecule has 3 heteroatoms. The fraction of sp³-hybridized carbons (Fsp3) is 0.211. The molecular formula is C19H19N3. The van der Waals surface area contributed by atoms with Crippen molar-refractivity contribution in [3.8, 4) is 0 Å². The van der Waals surface area contributed by atoms with Crippen LogP contribution in [0, 0.1) is 6.57 Å². The second-order valence-electron chi connectivity index (χ2n) is 5.41. The molecule has 1 unspecified atom stereocenters. The molecule has 0 aliphatic rings. The Morgan fingerprint density at radius 2 is 1.95 bits per heavy atom. The smallest absolute Gasteiger partial charge is 0.212 e. The minimum atomic E-state index is 0.286. The number of nitrogens with zero attached hydrogens (tertiary/aromatic N) is 1. The molecule has 0 saturated heterocycles. The van der Waals surface area contributed by atoms with Crippen LogP contribution in [0.15, 0.2) is 54.7 Å². The van der Waals surface area contributed by atoms with Gasteiger partial charge in [-0.2, -0.15) is 0 Å². The molecule has 1 aromatic heterocycles. The number of aromatic amines is 1. The summed E-state index contributed by atoms with van der Waals surface area (Å²) in [5.74, 6) is 0.286. The molecule has 110 valence electrons. The predicted octanol–water partition coefficient (Wildman–Crippen LogP) is 4.46. The number of rotatable bonds is 5. The molecule has 0 aliphatic heterocycles. The first-order valence-electron chi connectivity index (χ1n) is 7.52. The van der Waals surface area contributed by atoms with E-state index in [1.165, 1.54) is 11.1 Å². The van der Waals surface area contributed by atoms with Gasteiger partial charge in [0.25, 0.3) is 0 Å². The summed E-state index contributed by atoms with van der Waals surface area (Å²) in [5.41, 5.74) is 4.26. The first kappa shape index (κ1) is 14.4. The standard InChI is InChI=1S/C19H19N3/c1-20-12-11-15(14-7-4-3-5-8-14)16-9-6-10-17-19(16)18(21-2)13-22-17/h3-10,13,15,20,22H,11-12H2,1H3. The Hall–Kier alpha value is -2.57. The summed E-state index contributed by atoms with van der Waals surface area (Å²) in [6.07, 6.45) is 2.81. The summed E-state index contributed by atoms with van der Waals surface area (Å²) >= 11 is 0. The van der Waals surface area contributed by atoms with Crippen LogP contribution in [-0.4, -0.2) is 18.6 Å². The highest BCUT2D eigenvalue weighted by molar-refractivity contribution is 5.96. The molecule has 22 heavy (non-hydrogen) atoms. The van der Waals surface area contributed by atoms with Gasteiger partial charge in [-0.25, -0.2) is 4.85 Å². The number of benzene rings is 2. The van der Waals surface area contributed by atoms with Gasteiger partial charge in [0.1, 0.15) is 0 Å². The molecule has 0 bridgehead atoms. The van der Waals surface area contributed by atoms with E-state index in [4.69, 9.17) is 6.57 Å². The SMILES string of the molecule is [C-]#[N+]c1c[nH]c2cccc(C(CCNC)c3ccccc3)c12. The van der Waals surface area contributed by atoms with Crippen molar-refractivity contribution in [2.24, 2.45) is 0 Å². The summed E-state index contributed by atoms with van der Waals surface area (Å²) in [6.45, 7) is 8.35. The maximum Gasteiger partial charge on any atom is 0.212 e. The van der Waals surface area contributed by atoms with Crippen LogP contribution < -0.4 is 5.32 Å². The van der Waals surface area contributed by atoms with Gasteiger partial charge in [0.15, 0.2) is 0 Å². The van der Waals surface area contributed by atoms with Gasteiger partial charge in [0, 0.05) is 23.0 Å². The zero-order chi connectivity index (χ0) is 15.4. The lowest BCUT2D eigenvalue weighted by Crippen LogP contribution is -2.13. The predicted molar refractivity (Wildman–Crippen MR) is 91.4 cm³/mol. The average molecular weight is 289 g/mol. The Labute approximate surface area is 130 Å². The van der Waals surface area contributed by atoms with E-state index in [1.54, 1.807) is 6.20 Å². The zero-order valence-electron chi connectivity index (χ0n) is 12.6. The summed E-state index contributed by atoms with van der Waals surface area (Å²) in [7, 11) is 1.98. The van der Waals surface area contributed by atoms with Gasteiger partial charge >= 0.3 is 0 Å². The summed E-state index contributed by atoms with van der Waals surface area (Å²) < 4.78 is 0. The van der Waals surface area contributed by atoms with Crippen LogP contribution in [0.3, 0.4) is 0 Å². The van der Waals surface area contributed by atoms with Gasteiger partial charge in [-0.1, -0.05) is 42.5 Å². The minimum absolute atomic E-state index is 0.286. The van der Waals surface area contributed by atoms with Crippen molar-refractivity contribution in [1.82, 2.24) is 10.3 Å². The third kappa shape index (κ3) is 2.61. The van der Waals surface area contributed by atoms with Crippen LogP contribution >= 0.6 is 0 Å². The van der Waals surface area contributed by atoms with Gasteiger partial charge in [-0.3, -0.25) is 0 Å². The third-order valence-electron chi connectivity index (χ3n) is 4.10. The van der Waals surface area contributed by atoms with Crippen molar-refractivity contribution >= 4 is 16.6 Å². The number of hydrogen-bond donors (Lipinski definition) is 2. The zero-order valence-corrected chi connectivity index (χ0v) is 12.6. The van der Waals surface area contributed by atoms with Crippen molar-refractivity contribution in [2.75, 3.05) is 13.6 Å². The highest BCUT2D eigenvalue weighted by Gasteiger charge is 2.18. The monoisotopic (exact) mass is 289 g/mol. The van der Waals surface area contributed by atoms with Crippen LogP contribution in [-0.2, 0) is 0 Å². The molecule has 0 fully saturated rings. The molecule has 0 aliphatic carbocycles. The molecule has 2 N–H and O–H groups in total. The molecule has 3 rings (SSSR count). The van der Waals surface area contributed by atoms with Crippen LogP contribution in [0.25, 0.3) is 15.7 Å². The summed E-state index contributed by atoms with van der Waals surface area (Å²) in [5, 5.41) is 4.30. The molecule has 0 amide bonds. The summed E-state index contributed by atoms with van der Waals surface area (Å²) in [6, 6.07) is 16.8. The van der Waals surface area contributed by atoms with Crippen LogP contribution in [0.5, 0.6) is 0 Å². The second kappa shape index (κ2) is 6.46. The Kier molecular flexibility index (Phi) is 4.22. The van der Waals surface area contributed by atoms with E-state index in [0.717, 1.165) is 23.9 Å². The van der Waals surface area contributed by atoms with Crippen LogP contribution in [0.2, 0.25) is 0 Å². The lowest BCUT2D eigenvalue weighted by molar-refractivity contribution is 0.665. The fourth-order valence-electron chi connectivity index (χ4n) is 3.05. The largest absolute Gasteiger partial charge is 0.372 e. The van der Waals surface area contributed by atoms with Gasteiger partial charge < -0.3 is 10.3 Å². The first-order valence-corrected chi connectivity index (χ1v) is 7.52. The lowest BCUT2D eigenvalue weighted by Gasteiger charge is -2.19. The molecule has 1 heterocycles. The maximum absolute atomic E-state index is 7.42. The van der Waals surface area contributed by atoms with E-state index in [1.807, 2.05) is 19.2 Å². The molecule has 2 aromatic carbocycles. The molecular weight excluding hydrogens is 270 g/mol. The maximum atomic E-state index is 7.42. The first-order chi connectivity index (χ1) is 10.8. The van der Waals surface area contributed by atoms with Crippen molar-refractivity contribution in [2.45, 2.75) is 12.3 Å². The van der Waals surface area contributed by atoms with Crippen molar-refractivity contribution in [3.63, 3.8) is 0 Å². The van der Waals surface area contributed by atoms with E-state index in [-0.39, 0.29) is 5.92 Å². The van der Waals surface area contributed by atoms with Crippen molar-refractivity contribution in [3.05, 3.63) is 77.3 Å². The lowest BCUT2D eigenvalue weighted by atomic mass is 9.86. The fourth-order valence-corrected chi connectivity index (χ4v) is 3.05. The minimum Gasteiger partial charge on any atom is -0.372 e. The van der Waals surface area contributed by atoms with E-state index in [9.17, 15) is 0 Å². The topological polar surface area (TPSA) is 32.2 Å². The van der Waals surface area contributed by atoms with Gasteiger partial charge in [0.05, 0.1) is 6.57 Å². The van der Waals surface area contributed by atoms with E-state index in [2.05, 4.69) is 51.5 Å². The normalized spacial score (nSPS) is 12.2. The number of nitrogens with one attached hydrogen (secondary N) is 2.